The predicted octanol–water partition coefficient (Wildman–Crippen LogP) is 2.89. The van der Waals surface area contributed by atoms with Gasteiger partial charge in [0.15, 0.2) is 5.15 Å². The van der Waals surface area contributed by atoms with E-state index in [4.69, 9.17) is 28.3 Å². The van der Waals surface area contributed by atoms with E-state index in [0.29, 0.717) is 11.3 Å². The van der Waals surface area contributed by atoms with E-state index in [2.05, 4.69) is 10.3 Å². The molecule has 0 atom stereocenters. The van der Waals surface area contributed by atoms with Crippen molar-refractivity contribution in [3.05, 3.63) is 21.9 Å². The van der Waals surface area contributed by atoms with Gasteiger partial charge in [-0.3, -0.25) is 9.59 Å². The Morgan fingerprint density at radius 1 is 1.39 bits per heavy atom. The minimum absolute atomic E-state index is 0.0427. The maximum atomic E-state index is 11.6. The standard InChI is InChI=1S/C11H12Cl2N2O3/c1-6-5-7(12)14-11(13)10(6)15-8(16)3-2-4-9(17)18/h5H,2-4H2,1H3,(H,15,16)(H,17,18). The number of carbonyl (C=O) groups is 2. The van der Waals surface area contributed by atoms with Crippen molar-refractivity contribution >= 4 is 40.8 Å². The van der Waals surface area contributed by atoms with Crippen LogP contribution in [0.5, 0.6) is 0 Å². The molecule has 0 spiro atoms. The number of hydrogen-bond donors (Lipinski definition) is 2. The van der Waals surface area contributed by atoms with E-state index < -0.39 is 5.97 Å². The zero-order chi connectivity index (χ0) is 13.7. The third kappa shape index (κ3) is 4.50. The Hall–Kier alpha value is -1.33. The summed E-state index contributed by atoms with van der Waals surface area (Å²) in [5, 5.41) is 11.4. The van der Waals surface area contributed by atoms with Crippen LogP contribution in [0.3, 0.4) is 0 Å². The van der Waals surface area contributed by atoms with Crippen molar-refractivity contribution in [2.75, 3.05) is 5.32 Å². The van der Waals surface area contributed by atoms with Crippen LogP contribution >= 0.6 is 23.2 Å². The largest absolute Gasteiger partial charge is 0.481 e. The van der Waals surface area contributed by atoms with Crippen molar-refractivity contribution < 1.29 is 14.7 Å². The molecule has 0 saturated carbocycles. The molecular weight excluding hydrogens is 279 g/mol. The number of carboxylic acid groups (broad SMARTS) is 1. The fourth-order valence-electron chi connectivity index (χ4n) is 1.35. The molecule has 7 heteroatoms. The van der Waals surface area contributed by atoms with Gasteiger partial charge in [0.25, 0.3) is 0 Å². The number of anilines is 1. The van der Waals surface area contributed by atoms with E-state index in [-0.39, 0.29) is 35.5 Å². The number of halogens is 2. The molecule has 1 aromatic heterocycles. The molecule has 0 saturated heterocycles. The fourth-order valence-corrected chi connectivity index (χ4v) is 1.93. The number of carboxylic acids is 1. The van der Waals surface area contributed by atoms with Crippen LogP contribution in [0.15, 0.2) is 6.07 Å². The highest BCUT2D eigenvalue weighted by Crippen LogP contribution is 2.26. The van der Waals surface area contributed by atoms with E-state index in [0.717, 1.165) is 0 Å². The summed E-state index contributed by atoms with van der Waals surface area (Å²) < 4.78 is 0. The van der Waals surface area contributed by atoms with E-state index in [1.165, 1.54) is 0 Å². The van der Waals surface area contributed by atoms with Gasteiger partial charge in [0.05, 0.1) is 5.69 Å². The average molecular weight is 291 g/mol. The number of aromatic nitrogens is 1. The Labute approximate surface area is 114 Å². The Balaban J connectivity index is 2.62. The van der Waals surface area contributed by atoms with Crippen LogP contribution in [0.4, 0.5) is 5.69 Å². The Morgan fingerprint density at radius 3 is 2.61 bits per heavy atom. The molecule has 0 aromatic carbocycles. The maximum absolute atomic E-state index is 11.6. The smallest absolute Gasteiger partial charge is 0.303 e. The van der Waals surface area contributed by atoms with Crippen molar-refractivity contribution in [1.29, 1.82) is 0 Å². The number of aryl methyl sites for hydroxylation is 1. The summed E-state index contributed by atoms with van der Waals surface area (Å²) in [6.45, 7) is 1.74. The lowest BCUT2D eigenvalue weighted by molar-refractivity contribution is -0.137. The van der Waals surface area contributed by atoms with Gasteiger partial charge in [0.2, 0.25) is 5.91 Å². The molecule has 0 aliphatic heterocycles. The molecule has 0 aliphatic carbocycles. The quantitative estimate of drug-likeness (QED) is 0.817. The van der Waals surface area contributed by atoms with Crippen LogP contribution in [0.1, 0.15) is 24.8 Å². The lowest BCUT2D eigenvalue weighted by Crippen LogP contribution is -2.13. The van der Waals surface area contributed by atoms with Crippen LogP contribution in [0.25, 0.3) is 0 Å². The second kappa shape index (κ2) is 6.56. The number of aliphatic carboxylic acids is 1. The topological polar surface area (TPSA) is 79.3 Å². The van der Waals surface area contributed by atoms with Crippen molar-refractivity contribution in [2.24, 2.45) is 0 Å². The van der Waals surface area contributed by atoms with Gasteiger partial charge in [-0.25, -0.2) is 4.98 Å². The first-order valence-electron chi connectivity index (χ1n) is 5.24. The fraction of sp³-hybridized carbons (Fsp3) is 0.364. The van der Waals surface area contributed by atoms with E-state index in [1.807, 2.05) is 0 Å². The van der Waals surface area contributed by atoms with Gasteiger partial charge in [-0.05, 0) is 25.0 Å². The molecule has 1 heterocycles. The van der Waals surface area contributed by atoms with Gasteiger partial charge < -0.3 is 10.4 Å². The van der Waals surface area contributed by atoms with Crippen LogP contribution < -0.4 is 5.32 Å². The molecule has 0 fully saturated rings. The molecule has 1 amide bonds. The zero-order valence-electron chi connectivity index (χ0n) is 9.67. The molecule has 5 nitrogen and oxygen atoms in total. The summed E-state index contributed by atoms with van der Waals surface area (Å²) >= 11 is 11.6. The van der Waals surface area contributed by atoms with Crippen LogP contribution in [0, 0.1) is 6.92 Å². The highest BCUT2D eigenvalue weighted by molar-refractivity contribution is 6.34. The summed E-state index contributed by atoms with van der Waals surface area (Å²) in [4.78, 5) is 25.7. The van der Waals surface area contributed by atoms with Crippen molar-refractivity contribution in [2.45, 2.75) is 26.2 Å². The highest BCUT2D eigenvalue weighted by Gasteiger charge is 2.11. The van der Waals surface area contributed by atoms with Crippen LogP contribution in [-0.4, -0.2) is 22.0 Å². The Kier molecular flexibility index (Phi) is 5.37. The third-order valence-corrected chi connectivity index (χ3v) is 2.67. The first kappa shape index (κ1) is 14.7. The van der Waals surface area contributed by atoms with Crippen molar-refractivity contribution in [1.82, 2.24) is 4.98 Å². The molecule has 0 radical (unpaired) electrons. The lowest BCUT2D eigenvalue weighted by Gasteiger charge is -2.09. The number of amides is 1. The van der Waals surface area contributed by atoms with E-state index in [9.17, 15) is 9.59 Å². The minimum Gasteiger partial charge on any atom is -0.481 e. The monoisotopic (exact) mass is 290 g/mol. The molecule has 0 unspecified atom stereocenters. The molecule has 0 aliphatic rings. The van der Waals surface area contributed by atoms with E-state index in [1.54, 1.807) is 13.0 Å². The molecule has 18 heavy (non-hydrogen) atoms. The van der Waals surface area contributed by atoms with Gasteiger partial charge in [-0.2, -0.15) is 0 Å². The SMILES string of the molecule is Cc1cc(Cl)nc(Cl)c1NC(=O)CCCC(=O)O. The van der Waals surface area contributed by atoms with Gasteiger partial charge in [-0.1, -0.05) is 23.2 Å². The van der Waals surface area contributed by atoms with Gasteiger partial charge in [0.1, 0.15) is 5.15 Å². The minimum atomic E-state index is -0.926. The third-order valence-electron chi connectivity index (χ3n) is 2.20. The maximum Gasteiger partial charge on any atom is 0.303 e. The predicted molar refractivity (Wildman–Crippen MR) is 69.1 cm³/mol. The summed E-state index contributed by atoms with van der Waals surface area (Å²) in [7, 11) is 0. The number of pyridine rings is 1. The van der Waals surface area contributed by atoms with Gasteiger partial charge in [0, 0.05) is 12.8 Å². The second-order valence-electron chi connectivity index (χ2n) is 3.72. The number of hydrogen-bond acceptors (Lipinski definition) is 3. The summed E-state index contributed by atoms with van der Waals surface area (Å²) in [5.74, 6) is -1.23. The summed E-state index contributed by atoms with van der Waals surface area (Å²) in [5.41, 5.74) is 1.10. The first-order valence-corrected chi connectivity index (χ1v) is 6.00. The van der Waals surface area contributed by atoms with Gasteiger partial charge >= 0.3 is 5.97 Å². The molecule has 2 N–H and O–H groups in total. The molecule has 0 bridgehead atoms. The lowest BCUT2D eigenvalue weighted by atomic mass is 10.2. The van der Waals surface area contributed by atoms with Crippen LogP contribution in [0.2, 0.25) is 10.3 Å². The summed E-state index contributed by atoms with van der Waals surface area (Å²) in [6.07, 6.45) is 0.350. The number of rotatable bonds is 5. The average Bonchev–Trinajstić information content (AvgIpc) is 2.22. The summed E-state index contributed by atoms with van der Waals surface area (Å²) in [6, 6.07) is 1.58. The Morgan fingerprint density at radius 2 is 2.06 bits per heavy atom. The number of carbonyl (C=O) groups excluding carboxylic acids is 1. The number of nitrogens with one attached hydrogen (secondary N) is 1. The van der Waals surface area contributed by atoms with Crippen LogP contribution in [-0.2, 0) is 9.59 Å². The molecule has 1 aromatic rings. The Bertz CT molecular complexity index is 454. The number of nitrogens with zero attached hydrogens (tertiary/aromatic N) is 1. The molecule has 98 valence electrons. The van der Waals surface area contributed by atoms with Crippen molar-refractivity contribution in [3.63, 3.8) is 0 Å². The second-order valence-corrected chi connectivity index (χ2v) is 4.47. The van der Waals surface area contributed by atoms with Gasteiger partial charge in [-0.15, -0.1) is 0 Å². The van der Waals surface area contributed by atoms with E-state index >= 15 is 0 Å². The molecule has 1 rings (SSSR count). The highest BCUT2D eigenvalue weighted by atomic mass is 35.5. The normalized spacial score (nSPS) is 10.2. The zero-order valence-corrected chi connectivity index (χ0v) is 11.2. The first-order chi connectivity index (χ1) is 8.40. The molecular formula is C11H12Cl2N2O3. The van der Waals surface area contributed by atoms with Crippen molar-refractivity contribution in [3.8, 4) is 0 Å².